The van der Waals surface area contributed by atoms with Crippen LogP contribution in [0.3, 0.4) is 0 Å². The Hall–Kier alpha value is -1.11. The van der Waals surface area contributed by atoms with E-state index in [9.17, 15) is 9.90 Å². The fourth-order valence-electron chi connectivity index (χ4n) is 2.69. The zero-order valence-electron chi connectivity index (χ0n) is 12.6. The molecule has 1 atom stereocenters. The topological polar surface area (TPSA) is 90.0 Å². The predicted molar refractivity (Wildman–Crippen MR) is 83.7 cm³/mol. The Morgan fingerprint density at radius 2 is 2.14 bits per heavy atom. The van der Waals surface area contributed by atoms with E-state index in [1.807, 2.05) is 0 Å². The first-order chi connectivity index (χ1) is 9.67. The normalized spacial score (nSPS) is 15.2. The molecule has 1 amide bonds. The van der Waals surface area contributed by atoms with E-state index in [0.717, 1.165) is 37.1 Å². The molecule has 2 rings (SSSR count). The Morgan fingerprint density at radius 3 is 2.81 bits per heavy atom. The molecule has 120 valence electrons. The third kappa shape index (κ3) is 4.18. The number of carbonyl (C=O) groups is 1. The summed E-state index contributed by atoms with van der Waals surface area (Å²) in [6.07, 6.45) is 2.19. The summed E-state index contributed by atoms with van der Waals surface area (Å²) in [5.41, 5.74) is 2.43. The molecule has 0 fully saturated rings. The van der Waals surface area contributed by atoms with Gasteiger partial charge in [-0.05, 0) is 5.92 Å². The molecule has 7 heteroatoms. The molecule has 2 heterocycles. The van der Waals surface area contributed by atoms with Crippen LogP contribution in [-0.2, 0) is 13.0 Å². The molecule has 0 saturated carbocycles. The third-order valence-corrected chi connectivity index (χ3v) is 4.09. The lowest BCUT2D eigenvalue weighted by Gasteiger charge is -2.20. The van der Waals surface area contributed by atoms with Crippen molar-refractivity contribution in [2.75, 3.05) is 13.1 Å². The van der Waals surface area contributed by atoms with Crippen molar-refractivity contribution in [2.45, 2.75) is 45.8 Å². The third-order valence-electron chi connectivity index (χ3n) is 4.09. The second-order valence-corrected chi connectivity index (χ2v) is 5.31. The molecule has 21 heavy (non-hydrogen) atoms. The molecule has 0 radical (unpaired) electrons. The van der Waals surface area contributed by atoms with E-state index in [2.05, 4.69) is 34.7 Å². The number of nitrogens with zero attached hydrogens (tertiary/aromatic N) is 1. The van der Waals surface area contributed by atoms with Crippen molar-refractivity contribution < 1.29 is 9.90 Å². The van der Waals surface area contributed by atoms with Crippen LogP contribution >= 0.6 is 12.4 Å². The molecule has 4 N–H and O–H groups in total. The van der Waals surface area contributed by atoms with Gasteiger partial charge in [0.1, 0.15) is 0 Å². The minimum atomic E-state index is -0.498. The molecule has 0 saturated heterocycles. The first-order valence-electron chi connectivity index (χ1n) is 7.40. The number of carbonyl (C=O) groups excluding carboxylic acids is 1. The van der Waals surface area contributed by atoms with Gasteiger partial charge in [0, 0.05) is 37.3 Å². The van der Waals surface area contributed by atoms with Gasteiger partial charge in [0.2, 0.25) is 0 Å². The van der Waals surface area contributed by atoms with Gasteiger partial charge in [0.25, 0.3) is 5.91 Å². The summed E-state index contributed by atoms with van der Waals surface area (Å²) in [6, 6.07) is 0. The van der Waals surface area contributed by atoms with Crippen LogP contribution in [0, 0.1) is 5.92 Å². The van der Waals surface area contributed by atoms with Gasteiger partial charge >= 0.3 is 0 Å². The zero-order chi connectivity index (χ0) is 14.5. The van der Waals surface area contributed by atoms with E-state index in [4.69, 9.17) is 0 Å². The maximum Gasteiger partial charge on any atom is 0.272 e. The maximum absolute atomic E-state index is 12.1. The second kappa shape index (κ2) is 8.36. The van der Waals surface area contributed by atoms with Gasteiger partial charge in [0.15, 0.2) is 5.69 Å². The van der Waals surface area contributed by atoms with Crippen LogP contribution in [0.1, 0.15) is 48.4 Å². The summed E-state index contributed by atoms with van der Waals surface area (Å²) in [5.74, 6) is 0.0151. The first-order valence-corrected chi connectivity index (χ1v) is 7.40. The fourth-order valence-corrected chi connectivity index (χ4v) is 2.69. The minimum Gasteiger partial charge on any atom is -0.391 e. The monoisotopic (exact) mass is 316 g/mol. The summed E-state index contributed by atoms with van der Waals surface area (Å²) >= 11 is 0. The number of H-pyrrole nitrogens is 1. The molecule has 1 aromatic rings. The predicted octanol–water partition coefficient (Wildman–Crippen LogP) is 1.00. The van der Waals surface area contributed by atoms with Crippen LogP contribution in [0.15, 0.2) is 0 Å². The molecule has 0 bridgehead atoms. The summed E-state index contributed by atoms with van der Waals surface area (Å²) in [6.45, 7) is 5.96. The number of halogens is 1. The van der Waals surface area contributed by atoms with Crippen molar-refractivity contribution >= 4 is 18.3 Å². The Balaban J connectivity index is 0.00000220. The number of fused-ring (bicyclic) bond motifs is 1. The van der Waals surface area contributed by atoms with Gasteiger partial charge in [-0.2, -0.15) is 5.10 Å². The van der Waals surface area contributed by atoms with Crippen LogP contribution in [0.5, 0.6) is 0 Å². The SMILES string of the molecule is CCC(CC)C(O)CNC(=O)c1n[nH]c2c1CNCC2.Cl. The van der Waals surface area contributed by atoms with Crippen molar-refractivity contribution in [3.63, 3.8) is 0 Å². The van der Waals surface area contributed by atoms with E-state index in [1.54, 1.807) is 0 Å². The molecule has 0 spiro atoms. The van der Waals surface area contributed by atoms with Crippen molar-refractivity contribution in [1.29, 1.82) is 0 Å². The molecule has 0 aliphatic carbocycles. The molecule has 1 unspecified atom stereocenters. The van der Waals surface area contributed by atoms with E-state index >= 15 is 0 Å². The van der Waals surface area contributed by atoms with Crippen LogP contribution in [0.25, 0.3) is 0 Å². The van der Waals surface area contributed by atoms with E-state index < -0.39 is 6.10 Å². The average molecular weight is 317 g/mol. The lowest BCUT2D eigenvalue weighted by atomic mass is 9.96. The van der Waals surface area contributed by atoms with Gasteiger partial charge in [0.05, 0.1) is 6.10 Å². The van der Waals surface area contributed by atoms with Gasteiger partial charge < -0.3 is 15.7 Å². The van der Waals surface area contributed by atoms with Gasteiger partial charge in [-0.15, -0.1) is 12.4 Å². The van der Waals surface area contributed by atoms with Crippen molar-refractivity contribution in [2.24, 2.45) is 5.92 Å². The highest BCUT2D eigenvalue weighted by Crippen LogP contribution is 2.16. The Kier molecular flexibility index (Phi) is 7.14. The summed E-state index contributed by atoms with van der Waals surface area (Å²) in [7, 11) is 0. The van der Waals surface area contributed by atoms with Crippen molar-refractivity contribution in [1.82, 2.24) is 20.8 Å². The summed E-state index contributed by atoms with van der Waals surface area (Å²) < 4.78 is 0. The molecular formula is C14H25ClN4O2. The van der Waals surface area contributed by atoms with Crippen LogP contribution in [0.2, 0.25) is 0 Å². The van der Waals surface area contributed by atoms with E-state index in [0.29, 0.717) is 12.2 Å². The van der Waals surface area contributed by atoms with Crippen LogP contribution in [-0.4, -0.2) is 40.4 Å². The number of rotatable bonds is 6. The smallest absolute Gasteiger partial charge is 0.272 e. The van der Waals surface area contributed by atoms with E-state index in [-0.39, 0.29) is 30.8 Å². The first kappa shape index (κ1) is 17.9. The number of amides is 1. The number of aliphatic hydroxyl groups excluding tert-OH is 1. The number of aliphatic hydroxyl groups is 1. The largest absolute Gasteiger partial charge is 0.391 e. The highest BCUT2D eigenvalue weighted by molar-refractivity contribution is 5.94. The number of nitrogens with one attached hydrogen (secondary N) is 3. The second-order valence-electron chi connectivity index (χ2n) is 5.31. The number of aromatic nitrogens is 2. The summed E-state index contributed by atoms with van der Waals surface area (Å²) in [5, 5.41) is 23.1. The number of aromatic amines is 1. The Bertz CT molecular complexity index is 460. The molecule has 6 nitrogen and oxygen atoms in total. The standard InChI is InChI=1S/C14H24N4O2.ClH/c1-3-9(4-2)12(19)8-16-14(20)13-10-7-15-6-5-11(10)17-18-13;/h9,12,15,19H,3-8H2,1-2H3,(H,16,20)(H,17,18);1H. The van der Waals surface area contributed by atoms with Crippen LogP contribution in [0.4, 0.5) is 0 Å². The molecule has 0 aromatic carbocycles. The van der Waals surface area contributed by atoms with Gasteiger partial charge in [-0.25, -0.2) is 0 Å². The lowest BCUT2D eigenvalue weighted by Crippen LogP contribution is -2.37. The van der Waals surface area contributed by atoms with Gasteiger partial charge in [-0.1, -0.05) is 26.7 Å². The highest BCUT2D eigenvalue weighted by Gasteiger charge is 2.22. The average Bonchev–Trinajstić information content (AvgIpc) is 2.90. The van der Waals surface area contributed by atoms with Crippen LogP contribution < -0.4 is 10.6 Å². The molecule has 1 aromatic heterocycles. The van der Waals surface area contributed by atoms with Gasteiger partial charge in [-0.3, -0.25) is 9.89 Å². The number of hydrogen-bond acceptors (Lipinski definition) is 4. The minimum absolute atomic E-state index is 0. The van der Waals surface area contributed by atoms with Crippen molar-refractivity contribution in [3.05, 3.63) is 17.0 Å². The Morgan fingerprint density at radius 1 is 1.43 bits per heavy atom. The van der Waals surface area contributed by atoms with E-state index in [1.165, 1.54) is 0 Å². The fraction of sp³-hybridized carbons (Fsp3) is 0.714. The quantitative estimate of drug-likeness (QED) is 0.630. The highest BCUT2D eigenvalue weighted by atomic mass is 35.5. The number of hydrogen-bond donors (Lipinski definition) is 4. The lowest BCUT2D eigenvalue weighted by molar-refractivity contribution is 0.0812. The van der Waals surface area contributed by atoms with Crippen molar-refractivity contribution in [3.8, 4) is 0 Å². The molecular weight excluding hydrogens is 292 g/mol. The molecule has 1 aliphatic heterocycles. The Labute approximate surface area is 131 Å². The maximum atomic E-state index is 12.1. The molecule has 1 aliphatic rings. The summed E-state index contributed by atoms with van der Waals surface area (Å²) in [4.78, 5) is 12.1. The zero-order valence-corrected chi connectivity index (χ0v) is 13.4.